The Hall–Kier alpha value is -0.790. The third-order valence-electron chi connectivity index (χ3n) is 6.33. The highest BCUT2D eigenvalue weighted by Gasteiger charge is 2.62. The summed E-state index contributed by atoms with van der Waals surface area (Å²) in [6, 6.07) is 0. The van der Waals surface area contributed by atoms with Crippen LogP contribution in [0, 0.1) is 16.7 Å². The van der Waals surface area contributed by atoms with Crippen molar-refractivity contribution in [1.82, 2.24) is 0 Å². The standard InChI is InChI=1S/C18H30O2/c1-6-7-8-9-13(2)16(19)20-15-12-14-10-11-18(15,5)17(14,3)4/h14-15H,2,6-12H2,1,3-5H3. The molecule has 2 nitrogen and oxygen atoms in total. The first kappa shape index (κ1) is 15.6. The van der Waals surface area contributed by atoms with Crippen molar-refractivity contribution >= 4 is 5.97 Å². The van der Waals surface area contributed by atoms with Gasteiger partial charge in [-0.1, -0.05) is 47.1 Å². The minimum atomic E-state index is -0.157. The van der Waals surface area contributed by atoms with E-state index < -0.39 is 0 Å². The van der Waals surface area contributed by atoms with Crippen LogP contribution in [0.25, 0.3) is 0 Å². The van der Waals surface area contributed by atoms with Crippen LogP contribution in [-0.2, 0) is 9.53 Å². The number of esters is 1. The second-order valence-corrected chi connectivity index (χ2v) is 7.57. The van der Waals surface area contributed by atoms with Crippen LogP contribution in [-0.4, -0.2) is 12.1 Å². The fourth-order valence-corrected chi connectivity index (χ4v) is 4.21. The highest BCUT2D eigenvalue weighted by molar-refractivity contribution is 5.87. The van der Waals surface area contributed by atoms with Gasteiger partial charge in [-0.15, -0.1) is 0 Å². The van der Waals surface area contributed by atoms with Gasteiger partial charge in [-0.25, -0.2) is 4.79 Å². The van der Waals surface area contributed by atoms with E-state index in [9.17, 15) is 4.79 Å². The zero-order valence-corrected chi connectivity index (χ0v) is 13.6. The minimum Gasteiger partial charge on any atom is -0.458 e. The molecule has 2 rings (SSSR count). The molecule has 3 unspecified atom stereocenters. The molecule has 2 aliphatic carbocycles. The first-order valence-corrected chi connectivity index (χ1v) is 8.21. The number of fused-ring (bicyclic) bond motifs is 2. The van der Waals surface area contributed by atoms with Crippen molar-refractivity contribution < 1.29 is 9.53 Å². The topological polar surface area (TPSA) is 26.3 Å². The van der Waals surface area contributed by atoms with E-state index in [4.69, 9.17) is 4.74 Å². The van der Waals surface area contributed by atoms with Gasteiger partial charge in [0.05, 0.1) is 0 Å². The zero-order valence-electron chi connectivity index (χ0n) is 13.6. The summed E-state index contributed by atoms with van der Waals surface area (Å²) in [4.78, 5) is 12.2. The maximum atomic E-state index is 12.2. The predicted molar refractivity (Wildman–Crippen MR) is 82.4 cm³/mol. The Balaban J connectivity index is 1.92. The highest BCUT2D eigenvalue weighted by atomic mass is 16.5. The van der Waals surface area contributed by atoms with Crippen LogP contribution in [0.2, 0.25) is 0 Å². The summed E-state index contributed by atoms with van der Waals surface area (Å²) >= 11 is 0. The Morgan fingerprint density at radius 3 is 2.50 bits per heavy atom. The van der Waals surface area contributed by atoms with Gasteiger partial charge >= 0.3 is 5.97 Å². The molecule has 2 saturated carbocycles. The SMILES string of the molecule is C=C(CCCCC)C(=O)OC1CC2CCC1(C)C2(C)C. The van der Waals surface area contributed by atoms with E-state index in [1.807, 2.05) is 0 Å². The number of rotatable bonds is 6. The largest absolute Gasteiger partial charge is 0.458 e. The van der Waals surface area contributed by atoms with E-state index in [1.54, 1.807) is 0 Å². The molecule has 0 aromatic carbocycles. The van der Waals surface area contributed by atoms with Gasteiger partial charge < -0.3 is 4.74 Å². The molecule has 0 aromatic rings. The number of carbonyl (C=O) groups excluding carboxylic acids is 1. The van der Waals surface area contributed by atoms with Crippen LogP contribution in [0.15, 0.2) is 12.2 Å². The Morgan fingerprint density at radius 2 is 2.00 bits per heavy atom. The van der Waals surface area contributed by atoms with Gasteiger partial charge in [0.15, 0.2) is 0 Å². The van der Waals surface area contributed by atoms with E-state index in [1.165, 1.54) is 19.3 Å². The molecule has 0 aromatic heterocycles. The molecule has 0 N–H and O–H groups in total. The van der Waals surface area contributed by atoms with Gasteiger partial charge in [0.25, 0.3) is 0 Å². The van der Waals surface area contributed by atoms with Gasteiger partial charge in [0.1, 0.15) is 6.10 Å². The van der Waals surface area contributed by atoms with E-state index in [0.717, 1.165) is 25.7 Å². The summed E-state index contributed by atoms with van der Waals surface area (Å²) in [7, 11) is 0. The molecule has 0 saturated heterocycles. The Bertz CT molecular complexity index is 396. The Labute approximate surface area is 124 Å². The van der Waals surface area contributed by atoms with Crippen molar-refractivity contribution in [2.45, 2.75) is 78.7 Å². The lowest BCUT2D eigenvalue weighted by Crippen LogP contribution is -2.38. The summed E-state index contributed by atoms with van der Waals surface area (Å²) in [5, 5.41) is 0. The van der Waals surface area contributed by atoms with Crippen LogP contribution in [0.4, 0.5) is 0 Å². The molecule has 20 heavy (non-hydrogen) atoms. The molecular weight excluding hydrogens is 248 g/mol. The summed E-state index contributed by atoms with van der Waals surface area (Å²) in [5.74, 6) is 0.550. The molecule has 2 bridgehead atoms. The average molecular weight is 278 g/mol. The maximum Gasteiger partial charge on any atom is 0.333 e. The van der Waals surface area contributed by atoms with Crippen molar-refractivity contribution in [2.24, 2.45) is 16.7 Å². The number of ether oxygens (including phenoxy) is 1. The van der Waals surface area contributed by atoms with Crippen molar-refractivity contribution in [3.8, 4) is 0 Å². The van der Waals surface area contributed by atoms with Gasteiger partial charge in [-0.3, -0.25) is 0 Å². The van der Waals surface area contributed by atoms with Crippen LogP contribution in [0.3, 0.4) is 0 Å². The Morgan fingerprint density at radius 1 is 1.30 bits per heavy atom. The van der Waals surface area contributed by atoms with E-state index >= 15 is 0 Å². The summed E-state index contributed by atoms with van der Waals surface area (Å²) in [5.41, 5.74) is 1.10. The second-order valence-electron chi connectivity index (χ2n) is 7.57. The molecule has 0 radical (unpaired) electrons. The lowest BCUT2D eigenvalue weighted by molar-refractivity contribution is -0.152. The normalized spacial score (nSPS) is 34.2. The quantitative estimate of drug-likeness (QED) is 0.393. The van der Waals surface area contributed by atoms with Gasteiger partial charge in [0, 0.05) is 11.0 Å². The van der Waals surface area contributed by atoms with Crippen LogP contribution >= 0.6 is 0 Å². The fourth-order valence-electron chi connectivity index (χ4n) is 4.21. The van der Waals surface area contributed by atoms with E-state index in [2.05, 4.69) is 34.3 Å². The molecule has 2 fully saturated rings. The van der Waals surface area contributed by atoms with Crippen LogP contribution in [0.5, 0.6) is 0 Å². The molecule has 0 heterocycles. The third kappa shape index (κ3) is 2.42. The number of carbonyl (C=O) groups is 1. The molecule has 2 heteroatoms. The molecule has 0 aliphatic heterocycles. The van der Waals surface area contributed by atoms with E-state index in [0.29, 0.717) is 16.9 Å². The van der Waals surface area contributed by atoms with Gasteiger partial charge in [-0.05, 0) is 43.4 Å². The number of unbranched alkanes of at least 4 members (excludes halogenated alkanes) is 2. The fraction of sp³-hybridized carbons (Fsp3) is 0.833. The average Bonchev–Trinajstić information content (AvgIpc) is 2.72. The van der Waals surface area contributed by atoms with Gasteiger partial charge in [0.2, 0.25) is 0 Å². The summed E-state index contributed by atoms with van der Waals surface area (Å²) < 4.78 is 5.84. The lowest BCUT2D eigenvalue weighted by Gasteiger charge is -2.38. The summed E-state index contributed by atoms with van der Waals surface area (Å²) in [6.45, 7) is 13.1. The molecule has 0 amide bonds. The molecule has 2 aliphatic rings. The third-order valence-corrected chi connectivity index (χ3v) is 6.33. The van der Waals surface area contributed by atoms with Crippen molar-refractivity contribution in [3.63, 3.8) is 0 Å². The number of hydrogen-bond acceptors (Lipinski definition) is 2. The first-order valence-electron chi connectivity index (χ1n) is 8.21. The summed E-state index contributed by atoms with van der Waals surface area (Å²) in [6.07, 6.45) is 7.74. The molecule has 114 valence electrons. The highest BCUT2D eigenvalue weighted by Crippen LogP contribution is 2.66. The molecular formula is C18H30O2. The zero-order chi connectivity index (χ0) is 15.0. The van der Waals surface area contributed by atoms with Crippen molar-refractivity contribution in [1.29, 1.82) is 0 Å². The maximum absolute atomic E-state index is 12.2. The minimum absolute atomic E-state index is 0.0895. The first-order chi connectivity index (χ1) is 9.33. The van der Waals surface area contributed by atoms with Crippen molar-refractivity contribution in [3.05, 3.63) is 12.2 Å². The van der Waals surface area contributed by atoms with Crippen LogP contribution in [0.1, 0.15) is 72.6 Å². The number of hydrogen-bond donors (Lipinski definition) is 0. The van der Waals surface area contributed by atoms with Crippen molar-refractivity contribution in [2.75, 3.05) is 0 Å². The van der Waals surface area contributed by atoms with Gasteiger partial charge in [-0.2, -0.15) is 0 Å². The Kier molecular flexibility index (Phi) is 4.32. The lowest BCUT2D eigenvalue weighted by atomic mass is 9.70. The van der Waals surface area contributed by atoms with E-state index in [-0.39, 0.29) is 17.5 Å². The monoisotopic (exact) mass is 278 g/mol. The van der Waals surface area contributed by atoms with Crippen LogP contribution < -0.4 is 0 Å². The second kappa shape index (κ2) is 5.54. The predicted octanol–water partition coefficient (Wildman–Crippen LogP) is 4.88. The molecule has 3 atom stereocenters. The molecule has 0 spiro atoms. The smallest absolute Gasteiger partial charge is 0.333 e.